The maximum Gasteiger partial charge on any atom is 0.307 e. The van der Waals surface area contributed by atoms with Crippen molar-refractivity contribution in [2.75, 3.05) is 0 Å². The SMILES string of the molecule is C=C(C)c1cccc(-n2cc(CC(=O)O)cn2)c1. The minimum atomic E-state index is -0.856. The van der Waals surface area contributed by atoms with E-state index in [0.29, 0.717) is 5.56 Å². The summed E-state index contributed by atoms with van der Waals surface area (Å²) in [6.07, 6.45) is 3.29. The minimum absolute atomic E-state index is 0.0137. The first-order valence-corrected chi connectivity index (χ1v) is 5.58. The summed E-state index contributed by atoms with van der Waals surface area (Å²) < 4.78 is 1.67. The molecule has 0 aliphatic carbocycles. The molecule has 0 atom stereocenters. The first-order chi connectivity index (χ1) is 8.56. The monoisotopic (exact) mass is 242 g/mol. The van der Waals surface area contributed by atoms with Crippen LogP contribution in [0.5, 0.6) is 0 Å². The molecule has 0 aliphatic rings. The van der Waals surface area contributed by atoms with Gasteiger partial charge in [0.05, 0.1) is 18.3 Å². The quantitative estimate of drug-likeness (QED) is 0.896. The van der Waals surface area contributed by atoms with Crippen LogP contribution in [0.4, 0.5) is 0 Å². The molecule has 0 aliphatic heterocycles. The van der Waals surface area contributed by atoms with Gasteiger partial charge in [0.2, 0.25) is 0 Å². The Labute approximate surface area is 105 Å². The molecule has 18 heavy (non-hydrogen) atoms. The lowest BCUT2D eigenvalue weighted by molar-refractivity contribution is -0.136. The third-order valence-electron chi connectivity index (χ3n) is 2.59. The van der Waals surface area contributed by atoms with E-state index in [1.165, 1.54) is 0 Å². The summed E-state index contributed by atoms with van der Waals surface area (Å²) >= 11 is 0. The van der Waals surface area contributed by atoms with Crippen molar-refractivity contribution in [2.45, 2.75) is 13.3 Å². The number of benzene rings is 1. The highest BCUT2D eigenvalue weighted by atomic mass is 16.4. The van der Waals surface area contributed by atoms with Gasteiger partial charge in [0.15, 0.2) is 0 Å². The first kappa shape index (κ1) is 12.1. The van der Waals surface area contributed by atoms with Crippen molar-refractivity contribution in [1.29, 1.82) is 0 Å². The zero-order valence-electron chi connectivity index (χ0n) is 10.1. The zero-order chi connectivity index (χ0) is 13.1. The Kier molecular flexibility index (Phi) is 3.28. The molecule has 1 heterocycles. The molecule has 0 saturated heterocycles. The van der Waals surface area contributed by atoms with Crippen LogP contribution in [0.25, 0.3) is 11.3 Å². The number of aliphatic carboxylic acids is 1. The topological polar surface area (TPSA) is 55.1 Å². The second kappa shape index (κ2) is 4.87. The predicted octanol–water partition coefficient (Wildman–Crippen LogP) is 2.53. The number of carboxylic acids is 1. The Morgan fingerprint density at radius 3 is 2.94 bits per heavy atom. The van der Waals surface area contributed by atoms with Gasteiger partial charge in [0, 0.05) is 11.8 Å². The highest BCUT2D eigenvalue weighted by Gasteiger charge is 2.05. The molecule has 0 unspecified atom stereocenters. The van der Waals surface area contributed by atoms with E-state index in [0.717, 1.165) is 16.8 Å². The fourth-order valence-electron chi connectivity index (χ4n) is 1.68. The molecule has 0 bridgehead atoms. The van der Waals surface area contributed by atoms with E-state index in [2.05, 4.69) is 11.7 Å². The fraction of sp³-hybridized carbons (Fsp3) is 0.143. The van der Waals surface area contributed by atoms with Gasteiger partial charge in [0.1, 0.15) is 0 Å². The first-order valence-electron chi connectivity index (χ1n) is 5.58. The van der Waals surface area contributed by atoms with Crippen LogP contribution in [0.2, 0.25) is 0 Å². The Hall–Kier alpha value is -2.36. The summed E-state index contributed by atoms with van der Waals surface area (Å²) in [6, 6.07) is 7.80. The highest BCUT2D eigenvalue weighted by Crippen LogP contribution is 2.16. The van der Waals surface area contributed by atoms with Crippen LogP contribution in [-0.2, 0) is 11.2 Å². The van der Waals surface area contributed by atoms with Gasteiger partial charge in [-0.25, -0.2) is 4.68 Å². The molecule has 1 aromatic carbocycles. The van der Waals surface area contributed by atoms with Crippen molar-refractivity contribution < 1.29 is 9.90 Å². The fourth-order valence-corrected chi connectivity index (χ4v) is 1.68. The minimum Gasteiger partial charge on any atom is -0.481 e. The second-order valence-electron chi connectivity index (χ2n) is 4.19. The number of allylic oxidation sites excluding steroid dienone is 1. The molecule has 0 saturated carbocycles. The number of rotatable bonds is 4. The maximum atomic E-state index is 10.6. The van der Waals surface area contributed by atoms with E-state index in [-0.39, 0.29) is 6.42 Å². The van der Waals surface area contributed by atoms with Gasteiger partial charge >= 0.3 is 5.97 Å². The molecule has 1 N–H and O–H groups in total. The molecule has 0 fully saturated rings. The van der Waals surface area contributed by atoms with Gasteiger partial charge < -0.3 is 5.11 Å². The summed E-state index contributed by atoms with van der Waals surface area (Å²) in [4.78, 5) is 10.6. The molecule has 0 amide bonds. The van der Waals surface area contributed by atoms with Crippen molar-refractivity contribution in [2.24, 2.45) is 0 Å². The van der Waals surface area contributed by atoms with Crippen LogP contribution in [0.15, 0.2) is 43.2 Å². The molecular weight excluding hydrogens is 228 g/mol. The molecule has 4 nitrogen and oxygen atoms in total. The third-order valence-corrected chi connectivity index (χ3v) is 2.59. The number of hydrogen-bond acceptors (Lipinski definition) is 2. The van der Waals surface area contributed by atoms with Crippen molar-refractivity contribution in [1.82, 2.24) is 9.78 Å². The van der Waals surface area contributed by atoms with Crippen LogP contribution in [-0.4, -0.2) is 20.9 Å². The van der Waals surface area contributed by atoms with Gasteiger partial charge in [0.25, 0.3) is 0 Å². The predicted molar refractivity (Wildman–Crippen MR) is 69.6 cm³/mol. The number of carboxylic acid groups (broad SMARTS) is 1. The number of carbonyl (C=O) groups is 1. The molecule has 0 spiro atoms. The van der Waals surface area contributed by atoms with E-state index in [4.69, 9.17) is 5.11 Å². The van der Waals surface area contributed by atoms with Crippen LogP contribution < -0.4 is 0 Å². The average Bonchev–Trinajstić information content (AvgIpc) is 2.77. The lowest BCUT2D eigenvalue weighted by Crippen LogP contribution is -1.99. The number of hydrogen-bond donors (Lipinski definition) is 1. The van der Waals surface area contributed by atoms with Gasteiger partial charge in [-0.1, -0.05) is 24.3 Å². The Bertz CT molecular complexity index is 599. The highest BCUT2D eigenvalue weighted by molar-refractivity contribution is 5.70. The van der Waals surface area contributed by atoms with Gasteiger partial charge in [-0.15, -0.1) is 0 Å². The molecule has 2 rings (SSSR count). The van der Waals surface area contributed by atoms with E-state index < -0.39 is 5.97 Å². The van der Waals surface area contributed by atoms with Gasteiger partial charge in [-0.2, -0.15) is 5.10 Å². The van der Waals surface area contributed by atoms with E-state index in [1.807, 2.05) is 31.2 Å². The Morgan fingerprint density at radius 1 is 1.50 bits per heavy atom. The van der Waals surface area contributed by atoms with Crippen molar-refractivity contribution in [3.63, 3.8) is 0 Å². The second-order valence-corrected chi connectivity index (χ2v) is 4.19. The van der Waals surface area contributed by atoms with Gasteiger partial charge in [-0.05, 0) is 24.6 Å². The lowest BCUT2D eigenvalue weighted by Gasteiger charge is -2.04. The van der Waals surface area contributed by atoms with Crippen molar-refractivity contribution in [3.05, 3.63) is 54.4 Å². The molecular formula is C14H14N2O2. The largest absolute Gasteiger partial charge is 0.481 e. The van der Waals surface area contributed by atoms with Crippen LogP contribution >= 0.6 is 0 Å². The van der Waals surface area contributed by atoms with Crippen LogP contribution in [0.1, 0.15) is 18.1 Å². The van der Waals surface area contributed by atoms with E-state index >= 15 is 0 Å². The number of aromatic nitrogens is 2. The van der Waals surface area contributed by atoms with E-state index in [9.17, 15) is 4.79 Å². The molecule has 92 valence electrons. The van der Waals surface area contributed by atoms with E-state index in [1.54, 1.807) is 17.1 Å². The van der Waals surface area contributed by atoms with Gasteiger partial charge in [-0.3, -0.25) is 4.79 Å². The average molecular weight is 242 g/mol. The standard InChI is InChI=1S/C14H14N2O2/c1-10(2)12-4-3-5-13(7-12)16-9-11(8-15-16)6-14(17)18/h3-5,7-9H,1,6H2,2H3,(H,17,18). The summed E-state index contributed by atoms with van der Waals surface area (Å²) in [7, 11) is 0. The Morgan fingerprint density at radius 2 is 2.28 bits per heavy atom. The maximum absolute atomic E-state index is 10.6. The normalized spacial score (nSPS) is 10.3. The Balaban J connectivity index is 2.31. The van der Waals surface area contributed by atoms with Crippen LogP contribution in [0, 0.1) is 0 Å². The molecule has 4 heteroatoms. The molecule has 0 radical (unpaired) electrons. The smallest absolute Gasteiger partial charge is 0.307 e. The third kappa shape index (κ3) is 2.66. The molecule has 2 aromatic rings. The van der Waals surface area contributed by atoms with Crippen molar-refractivity contribution >= 4 is 11.5 Å². The summed E-state index contributed by atoms with van der Waals surface area (Å²) in [5.41, 5.74) is 3.60. The zero-order valence-corrected chi connectivity index (χ0v) is 10.1. The lowest BCUT2D eigenvalue weighted by atomic mass is 10.1. The van der Waals surface area contributed by atoms with Crippen LogP contribution in [0.3, 0.4) is 0 Å². The number of nitrogens with zero attached hydrogens (tertiary/aromatic N) is 2. The van der Waals surface area contributed by atoms with Crippen molar-refractivity contribution in [3.8, 4) is 5.69 Å². The summed E-state index contributed by atoms with van der Waals surface area (Å²) in [6.45, 7) is 5.84. The molecule has 1 aromatic heterocycles. The summed E-state index contributed by atoms with van der Waals surface area (Å²) in [5.74, 6) is -0.856. The summed E-state index contributed by atoms with van der Waals surface area (Å²) in [5, 5.41) is 12.9.